The highest BCUT2D eigenvalue weighted by Gasteiger charge is 2.45. The maximum Gasteiger partial charge on any atom is 0.220 e. The highest BCUT2D eigenvalue weighted by molar-refractivity contribution is 5.74. The van der Waals surface area contributed by atoms with E-state index in [2.05, 4.69) is 0 Å². The normalized spacial score (nSPS) is 26.7. The van der Waals surface area contributed by atoms with Crippen molar-refractivity contribution >= 4 is 0 Å². The summed E-state index contributed by atoms with van der Waals surface area (Å²) >= 11 is 0. The Morgan fingerprint density at radius 3 is 2.82 bits per heavy atom. The van der Waals surface area contributed by atoms with Crippen LogP contribution in [0.1, 0.15) is 44.3 Å². The standard InChI is InChI=1S/C25H28F2N4O2/c1-3-33-24-22(16-10-11-21(32-2)20(26)13-16)23(25(27)12-5-4-7-17(25)15-28)30-31(24)19-9-6-8-18(29)14-19/h4-5,7,10-13,17-19H,3,6,8-9,14,29H2,1-2H3. The molecular weight excluding hydrogens is 426 g/mol. The molecule has 0 saturated heterocycles. The average molecular weight is 455 g/mol. The SMILES string of the molecule is CCOc1c(-c2ccc(OC)c(F)c2)c(C2(F)C=CC=CC2C#N)nn1C1CCCC(N)C1. The number of hydrogen-bond acceptors (Lipinski definition) is 5. The molecule has 174 valence electrons. The third kappa shape index (κ3) is 4.13. The van der Waals surface area contributed by atoms with Gasteiger partial charge in [0.05, 0.1) is 31.4 Å². The molecule has 1 fully saturated rings. The average Bonchev–Trinajstić information content (AvgIpc) is 3.19. The first-order chi connectivity index (χ1) is 15.9. The first-order valence-corrected chi connectivity index (χ1v) is 11.2. The van der Waals surface area contributed by atoms with Gasteiger partial charge in [-0.2, -0.15) is 10.4 Å². The number of alkyl halides is 1. The van der Waals surface area contributed by atoms with Crippen LogP contribution in [-0.4, -0.2) is 29.5 Å². The molecule has 0 amide bonds. The van der Waals surface area contributed by atoms with Gasteiger partial charge in [-0.05, 0) is 56.4 Å². The predicted octanol–water partition coefficient (Wildman–Crippen LogP) is 4.97. The van der Waals surface area contributed by atoms with Gasteiger partial charge in [0, 0.05) is 6.04 Å². The third-order valence-electron chi connectivity index (χ3n) is 6.33. The van der Waals surface area contributed by atoms with E-state index in [0.29, 0.717) is 30.0 Å². The van der Waals surface area contributed by atoms with Crippen LogP contribution in [0.3, 0.4) is 0 Å². The maximum atomic E-state index is 16.6. The van der Waals surface area contributed by atoms with Crippen molar-refractivity contribution in [2.24, 2.45) is 11.7 Å². The van der Waals surface area contributed by atoms with E-state index in [1.165, 1.54) is 31.4 Å². The smallest absolute Gasteiger partial charge is 0.220 e. The van der Waals surface area contributed by atoms with Crippen molar-refractivity contribution in [1.82, 2.24) is 9.78 Å². The largest absolute Gasteiger partial charge is 0.494 e. The lowest BCUT2D eigenvalue weighted by atomic mass is 9.81. The van der Waals surface area contributed by atoms with Crippen molar-refractivity contribution < 1.29 is 18.3 Å². The zero-order valence-corrected chi connectivity index (χ0v) is 18.8. The van der Waals surface area contributed by atoms with Crippen molar-refractivity contribution in [3.8, 4) is 28.8 Å². The minimum Gasteiger partial charge on any atom is -0.494 e. The molecule has 0 bridgehead atoms. The van der Waals surface area contributed by atoms with Gasteiger partial charge in [-0.3, -0.25) is 0 Å². The second-order valence-corrected chi connectivity index (χ2v) is 8.46. The second-order valence-electron chi connectivity index (χ2n) is 8.46. The summed E-state index contributed by atoms with van der Waals surface area (Å²) in [5.41, 5.74) is 4.78. The van der Waals surface area contributed by atoms with Crippen molar-refractivity contribution in [2.75, 3.05) is 13.7 Å². The molecule has 4 unspecified atom stereocenters. The Labute approximate surface area is 192 Å². The Morgan fingerprint density at radius 2 is 2.15 bits per heavy atom. The fourth-order valence-corrected chi connectivity index (χ4v) is 4.69. The highest BCUT2D eigenvalue weighted by Crippen LogP contribution is 2.48. The Hall–Kier alpha value is -3.18. The number of benzene rings is 1. The van der Waals surface area contributed by atoms with E-state index >= 15 is 4.39 Å². The summed E-state index contributed by atoms with van der Waals surface area (Å²) in [4.78, 5) is 0. The number of nitrogens with two attached hydrogens (primary N) is 1. The number of nitrogens with zero attached hydrogens (tertiary/aromatic N) is 3. The fraction of sp³-hybridized carbons (Fsp3) is 0.440. The summed E-state index contributed by atoms with van der Waals surface area (Å²) in [7, 11) is 1.38. The minimum atomic E-state index is -2.21. The Bertz CT molecular complexity index is 1120. The number of hydrogen-bond donors (Lipinski definition) is 1. The van der Waals surface area contributed by atoms with Gasteiger partial charge in [-0.1, -0.05) is 24.3 Å². The van der Waals surface area contributed by atoms with Crippen LogP contribution in [-0.2, 0) is 5.67 Å². The number of ether oxygens (including phenoxy) is 2. The Balaban J connectivity index is 1.97. The predicted molar refractivity (Wildman–Crippen MR) is 121 cm³/mol. The minimum absolute atomic E-state index is 0.0106. The number of nitriles is 1. The lowest BCUT2D eigenvalue weighted by Gasteiger charge is -2.28. The fourth-order valence-electron chi connectivity index (χ4n) is 4.69. The van der Waals surface area contributed by atoms with Crippen LogP contribution in [0.15, 0.2) is 42.5 Å². The summed E-state index contributed by atoms with van der Waals surface area (Å²) in [6.07, 6.45) is 9.37. The Morgan fingerprint density at radius 1 is 1.33 bits per heavy atom. The molecule has 4 rings (SSSR count). The third-order valence-corrected chi connectivity index (χ3v) is 6.33. The van der Waals surface area contributed by atoms with Crippen molar-refractivity contribution in [3.05, 3.63) is 54.0 Å². The van der Waals surface area contributed by atoms with Crippen LogP contribution in [0, 0.1) is 23.1 Å². The number of aromatic nitrogens is 2. The second kappa shape index (κ2) is 9.36. The van der Waals surface area contributed by atoms with Crippen molar-refractivity contribution in [2.45, 2.75) is 50.4 Å². The molecule has 0 aliphatic heterocycles. The Kier molecular flexibility index (Phi) is 6.52. The molecule has 2 aliphatic rings. The molecule has 0 radical (unpaired) electrons. The van der Waals surface area contributed by atoms with Crippen molar-refractivity contribution in [1.29, 1.82) is 5.26 Å². The van der Waals surface area contributed by atoms with Crippen LogP contribution in [0.4, 0.5) is 8.78 Å². The molecule has 4 atom stereocenters. The van der Waals surface area contributed by atoms with E-state index in [9.17, 15) is 9.65 Å². The lowest BCUT2D eigenvalue weighted by molar-refractivity contribution is 0.185. The zero-order chi connectivity index (χ0) is 23.6. The van der Waals surface area contributed by atoms with E-state index in [1.54, 1.807) is 22.9 Å². The van der Waals surface area contributed by atoms with E-state index in [0.717, 1.165) is 19.3 Å². The molecule has 33 heavy (non-hydrogen) atoms. The van der Waals surface area contributed by atoms with Gasteiger partial charge >= 0.3 is 0 Å². The van der Waals surface area contributed by atoms with Gasteiger partial charge in [0.15, 0.2) is 17.2 Å². The van der Waals surface area contributed by atoms with E-state index in [4.69, 9.17) is 20.3 Å². The molecule has 6 nitrogen and oxygen atoms in total. The monoisotopic (exact) mass is 454 g/mol. The molecule has 1 saturated carbocycles. The quantitative estimate of drug-likeness (QED) is 0.666. The van der Waals surface area contributed by atoms with Crippen LogP contribution < -0.4 is 15.2 Å². The van der Waals surface area contributed by atoms with Gasteiger partial charge < -0.3 is 15.2 Å². The van der Waals surface area contributed by atoms with E-state index in [1.807, 2.05) is 13.0 Å². The lowest BCUT2D eigenvalue weighted by Crippen LogP contribution is -2.31. The van der Waals surface area contributed by atoms with Gasteiger partial charge in [0.25, 0.3) is 0 Å². The number of rotatable bonds is 6. The van der Waals surface area contributed by atoms with Gasteiger partial charge in [0.2, 0.25) is 5.88 Å². The first-order valence-electron chi connectivity index (χ1n) is 11.2. The number of halogens is 2. The molecule has 1 aromatic heterocycles. The first kappa shape index (κ1) is 23.0. The molecule has 0 spiro atoms. The molecule has 2 aromatic rings. The summed E-state index contributed by atoms with van der Waals surface area (Å²) in [5.74, 6) is -1.24. The molecular formula is C25H28F2N4O2. The summed E-state index contributed by atoms with van der Waals surface area (Å²) < 4.78 is 44.0. The topological polar surface area (TPSA) is 86.1 Å². The number of methoxy groups -OCH3 is 1. The molecule has 1 heterocycles. The molecule has 1 aromatic carbocycles. The maximum absolute atomic E-state index is 16.6. The van der Waals surface area contributed by atoms with E-state index < -0.39 is 17.4 Å². The zero-order valence-electron chi connectivity index (χ0n) is 18.8. The molecule has 2 N–H and O–H groups in total. The van der Waals surface area contributed by atoms with Crippen LogP contribution >= 0.6 is 0 Å². The summed E-state index contributed by atoms with van der Waals surface area (Å²) in [5, 5.41) is 14.4. The van der Waals surface area contributed by atoms with Gasteiger partial charge in [-0.15, -0.1) is 0 Å². The highest BCUT2D eigenvalue weighted by atomic mass is 19.1. The van der Waals surface area contributed by atoms with Crippen LogP contribution in [0.2, 0.25) is 0 Å². The summed E-state index contributed by atoms with van der Waals surface area (Å²) in [6, 6.07) is 6.38. The number of allylic oxidation sites excluding steroid dienone is 4. The molecule has 8 heteroatoms. The van der Waals surface area contributed by atoms with Gasteiger partial charge in [-0.25, -0.2) is 13.5 Å². The van der Waals surface area contributed by atoms with Crippen LogP contribution in [0.5, 0.6) is 11.6 Å². The van der Waals surface area contributed by atoms with Crippen LogP contribution in [0.25, 0.3) is 11.1 Å². The summed E-state index contributed by atoms with van der Waals surface area (Å²) in [6.45, 7) is 2.14. The molecule has 2 aliphatic carbocycles. The van der Waals surface area contributed by atoms with E-state index in [-0.39, 0.29) is 23.5 Å². The van der Waals surface area contributed by atoms with Gasteiger partial charge in [0.1, 0.15) is 11.6 Å². The van der Waals surface area contributed by atoms with Crippen molar-refractivity contribution in [3.63, 3.8) is 0 Å².